The molecule has 3 rings (SSSR count). The van der Waals surface area contributed by atoms with Gasteiger partial charge in [-0.2, -0.15) is 0 Å². The lowest BCUT2D eigenvalue weighted by molar-refractivity contribution is -0.0554. The minimum Gasteiger partial charge on any atom is -0.378 e. The molecular formula is C21H33N3O4S. The van der Waals surface area contributed by atoms with E-state index >= 15 is 0 Å². The van der Waals surface area contributed by atoms with Crippen LogP contribution >= 0.6 is 0 Å². The van der Waals surface area contributed by atoms with Gasteiger partial charge in [-0.1, -0.05) is 37.3 Å². The maximum absolute atomic E-state index is 11.9. The maximum Gasteiger partial charge on any atom is 0.315 e. The van der Waals surface area contributed by atoms with Crippen LogP contribution in [0.2, 0.25) is 0 Å². The first-order valence-electron chi connectivity index (χ1n) is 10.4. The Hall–Kier alpha value is -1.64. The summed E-state index contributed by atoms with van der Waals surface area (Å²) >= 11 is 0. The number of carbonyl (C=O) groups is 1. The normalized spacial score (nSPS) is 28.6. The molecule has 2 amide bonds. The lowest BCUT2D eigenvalue weighted by Gasteiger charge is -2.44. The molecule has 0 bridgehead atoms. The van der Waals surface area contributed by atoms with Gasteiger partial charge in [0.15, 0.2) is 0 Å². The Bertz CT molecular complexity index is 780. The highest BCUT2D eigenvalue weighted by Gasteiger charge is 2.39. The molecule has 1 aliphatic carbocycles. The maximum atomic E-state index is 11.9. The highest BCUT2D eigenvalue weighted by Crippen LogP contribution is 2.34. The molecule has 162 valence electrons. The van der Waals surface area contributed by atoms with Gasteiger partial charge in [0.1, 0.15) is 0 Å². The van der Waals surface area contributed by atoms with E-state index in [1.807, 2.05) is 13.0 Å². The van der Waals surface area contributed by atoms with E-state index in [2.05, 4.69) is 29.0 Å². The van der Waals surface area contributed by atoms with Crippen molar-refractivity contribution in [2.75, 3.05) is 19.4 Å². The summed E-state index contributed by atoms with van der Waals surface area (Å²) in [4.78, 5) is 13.5. The lowest BCUT2D eigenvalue weighted by Crippen LogP contribution is -2.61. The van der Waals surface area contributed by atoms with E-state index in [-0.39, 0.29) is 24.1 Å². The quantitative estimate of drug-likeness (QED) is 0.669. The van der Waals surface area contributed by atoms with E-state index in [4.69, 9.17) is 10.5 Å². The number of amides is 2. The third-order valence-electron chi connectivity index (χ3n) is 6.07. The van der Waals surface area contributed by atoms with E-state index in [0.29, 0.717) is 25.5 Å². The number of rotatable bonds is 8. The molecule has 3 N–H and O–H groups in total. The van der Waals surface area contributed by atoms with Gasteiger partial charge >= 0.3 is 6.03 Å². The van der Waals surface area contributed by atoms with Gasteiger partial charge in [-0.15, -0.1) is 0 Å². The second kappa shape index (κ2) is 9.45. The van der Waals surface area contributed by atoms with Crippen molar-refractivity contribution in [2.45, 2.75) is 57.2 Å². The number of benzene rings is 1. The molecule has 3 atom stereocenters. The van der Waals surface area contributed by atoms with Crippen LogP contribution < -0.4 is 10.5 Å². The van der Waals surface area contributed by atoms with Crippen molar-refractivity contribution in [3.8, 4) is 0 Å². The number of carbonyl (C=O) groups excluding carboxylic acids is 1. The number of nitrogens with zero attached hydrogens (tertiary/aromatic N) is 1. The molecule has 1 saturated carbocycles. The number of nitrogens with one attached hydrogen (secondary N) is 1. The van der Waals surface area contributed by atoms with Gasteiger partial charge in [0, 0.05) is 18.5 Å². The third kappa shape index (κ3) is 6.17. The Kier molecular flexibility index (Phi) is 7.19. The molecule has 2 fully saturated rings. The van der Waals surface area contributed by atoms with Gasteiger partial charge in [-0.3, -0.25) is 0 Å². The average Bonchev–Trinajstić information content (AvgIpc) is 2.62. The zero-order valence-electron chi connectivity index (χ0n) is 17.3. The second-order valence-electron chi connectivity index (χ2n) is 8.62. The van der Waals surface area contributed by atoms with Crippen molar-refractivity contribution < 1.29 is 17.9 Å². The molecule has 1 heterocycles. The number of ether oxygens (including phenoxy) is 1. The van der Waals surface area contributed by atoms with Gasteiger partial charge in [-0.25, -0.2) is 17.9 Å². The fraction of sp³-hybridized carbons (Fsp3) is 0.667. The van der Waals surface area contributed by atoms with Crippen LogP contribution in [0.25, 0.3) is 0 Å². The number of hydrogen-bond donors (Lipinski definition) is 2. The summed E-state index contributed by atoms with van der Waals surface area (Å²) in [5.41, 5.74) is 6.93. The zero-order valence-corrected chi connectivity index (χ0v) is 18.1. The molecule has 1 unspecified atom stereocenters. The van der Waals surface area contributed by atoms with Crippen LogP contribution in [0.15, 0.2) is 30.3 Å². The van der Waals surface area contributed by atoms with E-state index in [0.717, 1.165) is 31.9 Å². The monoisotopic (exact) mass is 423 g/mol. The van der Waals surface area contributed by atoms with Gasteiger partial charge in [0.25, 0.3) is 0 Å². The third-order valence-corrected chi connectivity index (χ3v) is 6.80. The number of hydrogen-bond acceptors (Lipinski definition) is 4. The molecule has 8 heteroatoms. The van der Waals surface area contributed by atoms with Crippen molar-refractivity contribution in [3.05, 3.63) is 35.9 Å². The second-order valence-corrected chi connectivity index (χ2v) is 10.4. The predicted molar refractivity (Wildman–Crippen MR) is 113 cm³/mol. The smallest absolute Gasteiger partial charge is 0.315 e. The number of nitrogens with two attached hydrogens (primary N) is 1. The summed E-state index contributed by atoms with van der Waals surface area (Å²) in [5.74, 6) is 0.629. The van der Waals surface area contributed by atoms with Crippen LogP contribution in [0.5, 0.6) is 0 Å². The van der Waals surface area contributed by atoms with Crippen molar-refractivity contribution in [2.24, 2.45) is 17.6 Å². The summed E-state index contributed by atoms with van der Waals surface area (Å²) in [6.07, 6.45) is 5.95. The minimum absolute atomic E-state index is 0.0183. The largest absolute Gasteiger partial charge is 0.378 e. The van der Waals surface area contributed by atoms with Gasteiger partial charge in [0.2, 0.25) is 10.0 Å². The topological polar surface area (TPSA) is 102 Å². The van der Waals surface area contributed by atoms with Crippen molar-refractivity contribution >= 4 is 16.1 Å². The molecule has 1 saturated heterocycles. The zero-order chi connectivity index (χ0) is 21.0. The highest BCUT2D eigenvalue weighted by molar-refractivity contribution is 7.88. The number of urea groups is 1. The molecule has 2 aliphatic rings. The number of piperidine rings is 1. The molecule has 0 aromatic heterocycles. The molecule has 0 radical (unpaired) electrons. The standard InChI is InChI=1S/C21H33N3O4S/c1-15(14-28-18-12-17(13-18)11-16-7-4-3-5-8-16)20-19(23-29(2,26)27)9-6-10-24(20)21(22)25/h3-5,7-8,15,17-20,23H,6,9-14H2,1-2H3,(H2,22,25)/t15?,17-,18+,19-,20-/m1/s1. The molecular weight excluding hydrogens is 390 g/mol. The van der Waals surface area contributed by atoms with Crippen LogP contribution in [0.1, 0.15) is 38.2 Å². The van der Waals surface area contributed by atoms with E-state index in [1.165, 1.54) is 5.56 Å². The minimum atomic E-state index is -3.37. The van der Waals surface area contributed by atoms with Gasteiger partial charge in [0.05, 0.1) is 25.0 Å². The number of sulfonamides is 1. The summed E-state index contributed by atoms with van der Waals surface area (Å²) in [6, 6.07) is 9.35. The van der Waals surface area contributed by atoms with Crippen LogP contribution in [-0.2, 0) is 21.2 Å². The Morgan fingerprint density at radius 1 is 1.31 bits per heavy atom. The van der Waals surface area contributed by atoms with Crippen LogP contribution in [0.4, 0.5) is 4.79 Å². The van der Waals surface area contributed by atoms with Crippen LogP contribution in [-0.4, -0.2) is 56.9 Å². The Morgan fingerprint density at radius 2 is 2.00 bits per heavy atom. The van der Waals surface area contributed by atoms with Gasteiger partial charge < -0.3 is 15.4 Å². The summed E-state index contributed by atoms with van der Waals surface area (Å²) in [7, 11) is -3.37. The van der Waals surface area contributed by atoms with Crippen LogP contribution in [0, 0.1) is 11.8 Å². The molecule has 29 heavy (non-hydrogen) atoms. The van der Waals surface area contributed by atoms with E-state index in [9.17, 15) is 13.2 Å². The predicted octanol–water partition coefficient (Wildman–Crippen LogP) is 2.12. The molecule has 1 aromatic rings. The van der Waals surface area contributed by atoms with E-state index < -0.39 is 16.1 Å². The van der Waals surface area contributed by atoms with Crippen molar-refractivity contribution in [1.29, 1.82) is 0 Å². The first kappa shape index (κ1) is 22.1. The Morgan fingerprint density at radius 3 is 2.62 bits per heavy atom. The molecule has 1 aromatic carbocycles. The number of primary amides is 1. The first-order chi connectivity index (χ1) is 13.7. The lowest BCUT2D eigenvalue weighted by atomic mass is 9.78. The first-order valence-corrected chi connectivity index (χ1v) is 12.3. The Balaban J connectivity index is 1.52. The fourth-order valence-corrected chi connectivity index (χ4v) is 5.50. The summed E-state index contributed by atoms with van der Waals surface area (Å²) in [6.45, 7) is 3.04. The highest BCUT2D eigenvalue weighted by atomic mass is 32.2. The molecule has 1 aliphatic heterocycles. The summed E-state index contributed by atoms with van der Waals surface area (Å²) < 4.78 is 32.4. The van der Waals surface area contributed by atoms with Crippen molar-refractivity contribution in [3.63, 3.8) is 0 Å². The summed E-state index contributed by atoms with van der Waals surface area (Å²) in [5, 5.41) is 0. The van der Waals surface area contributed by atoms with Crippen molar-refractivity contribution in [1.82, 2.24) is 9.62 Å². The molecule has 0 spiro atoms. The number of likely N-dealkylation sites (tertiary alicyclic amines) is 1. The van der Waals surface area contributed by atoms with Crippen LogP contribution in [0.3, 0.4) is 0 Å². The average molecular weight is 424 g/mol. The SMILES string of the molecule is CC(CO[C@H]1C[C@@H](Cc2ccccc2)C1)[C@@H]1[C@H](NS(C)(=O)=O)CCCN1C(N)=O. The Labute approximate surface area is 174 Å². The fourth-order valence-electron chi connectivity index (χ4n) is 4.69. The van der Waals surface area contributed by atoms with E-state index in [1.54, 1.807) is 4.90 Å². The molecule has 7 nitrogen and oxygen atoms in total. The van der Waals surface area contributed by atoms with Gasteiger partial charge in [-0.05, 0) is 43.6 Å².